The second-order valence-corrected chi connectivity index (χ2v) is 7.47. The largest absolute Gasteiger partial charge is 0.394 e. The third kappa shape index (κ3) is 3.71. The number of hydrogen-bond donors (Lipinski definition) is 5. The number of carbonyl (C=O) groups excluding carboxylic acids is 2. The number of rotatable bonds is 5. The number of ether oxygens (including phenoxy) is 1. The molecule has 30 heavy (non-hydrogen) atoms. The van der Waals surface area contributed by atoms with Gasteiger partial charge in [-0.1, -0.05) is 0 Å². The molecule has 1 fully saturated rings. The smallest absolute Gasteiger partial charge is 0.250 e. The molecule has 0 spiro atoms. The minimum absolute atomic E-state index is 0.0328. The number of amides is 2. The van der Waals surface area contributed by atoms with Crippen LogP contribution in [0.25, 0.3) is 11.0 Å². The van der Waals surface area contributed by atoms with Gasteiger partial charge in [0.1, 0.15) is 47.7 Å². The van der Waals surface area contributed by atoms with Crippen molar-refractivity contribution in [1.82, 2.24) is 19.9 Å². The highest BCUT2D eigenvalue weighted by Gasteiger charge is 2.44. The van der Waals surface area contributed by atoms with Crippen LogP contribution in [0.3, 0.4) is 0 Å². The lowest BCUT2D eigenvalue weighted by Gasteiger charge is -2.24. The first kappa shape index (κ1) is 21.6. The van der Waals surface area contributed by atoms with Gasteiger partial charge < -0.3 is 35.3 Å². The first-order chi connectivity index (χ1) is 14.1. The van der Waals surface area contributed by atoms with E-state index in [4.69, 9.17) is 4.74 Å². The van der Waals surface area contributed by atoms with Crippen molar-refractivity contribution >= 4 is 28.7 Å². The van der Waals surface area contributed by atoms with E-state index in [-0.39, 0.29) is 22.4 Å². The van der Waals surface area contributed by atoms with Crippen LogP contribution in [0.1, 0.15) is 32.6 Å². The third-order valence-electron chi connectivity index (χ3n) is 4.81. The van der Waals surface area contributed by atoms with Gasteiger partial charge in [0.15, 0.2) is 6.23 Å². The molecule has 2 amide bonds. The molecule has 2 aromatic rings. The number of carbonyl (C=O) groups is 2. The molecule has 1 aliphatic rings. The van der Waals surface area contributed by atoms with Gasteiger partial charge in [-0.05, 0) is 13.8 Å². The molecule has 2 aromatic heterocycles. The monoisotopic (exact) mass is 418 g/mol. The van der Waals surface area contributed by atoms with Crippen molar-refractivity contribution < 1.29 is 29.6 Å². The van der Waals surface area contributed by atoms with Gasteiger partial charge in [0.25, 0.3) is 5.91 Å². The average Bonchev–Trinajstić information content (AvgIpc) is 3.19. The third-order valence-corrected chi connectivity index (χ3v) is 4.81. The number of hydrogen-bond acceptors (Lipinski definition) is 9. The van der Waals surface area contributed by atoms with Gasteiger partial charge in [0.05, 0.1) is 17.6 Å². The first-order valence-corrected chi connectivity index (χ1v) is 9.09. The topological polar surface area (TPSA) is 183 Å². The summed E-state index contributed by atoms with van der Waals surface area (Å²) in [5.41, 5.74) is -0.984. The van der Waals surface area contributed by atoms with Crippen LogP contribution in [0.15, 0.2) is 12.5 Å². The van der Waals surface area contributed by atoms with Crippen LogP contribution in [0.4, 0.5) is 5.82 Å². The number of anilines is 1. The Balaban J connectivity index is 2.03. The van der Waals surface area contributed by atoms with Crippen molar-refractivity contribution in [3.63, 3.8) is 0 Å². The predicted molar refractivity (Wildman–Crippen MR) is 102 cm³/mol. The normalized spacial score (nSPS) is 23.9. The zero-order chi connectivity index (χ0) is 22.2. The number of nitriles is 1. The highest BCUT2D eigenvalue weighted by atomic mass is 16.6. The number of fused-ring (bicyclic) bond motifs is 1. The molecule has 0 bridgehead atoms. The SMILES string of the molecule is CC(=O)NC(C)(C)C(=O)Nc1ncnc2c1c(C#N)cn2[C@@H]1O[C@H](CO)C(O)[C@@H]1O. The van der Waals surface area contributed by atoms with E-state index < -0.39 is 48.5 Å². The van der Waals surface area contributed by atoms with Gasteiger partial charge in [0, 0.05) is 13.1 Å². The maximum absolute atomic E-state index is 12.7. The van der Waals surface area contributed by atoms with Gasteiger partial charge in [-0.15, -0.1) is 0 Å². The van der Waals surface area contributed by atoms with E-state index in [0.29, 0.717) is 0 Å². The molecule has 1 unspecified atom stereocenters. The minimum atomic E-state index is -1.38. The molecule has 0 aliphatic carbocycles. The van der Waals surface area contributed by atoms with Crippen LogP contribution in [0, 0.1) is 11.3 Å². The van der Waals surface area contributed by atoms with Crippen molar-refractivity contribution in [2.75, 3.05) is 11.9 Å². The van der Waals surface area contributed by atoms with E-state index in [1.165, 1.54) is 31.5 Å². The second-order valence-electron chi connectivity index (χ2n) is 7.47. The fourth-order valence-corrected chi connectivity index (χ4v) is 3.33. The maximum Gasteiger partial charge on any atom is 0.250 e. The van der Waals surface area contributed by atoms with E-state index in [2.05, 4.69) is 20.6 Å². The van der Waals surface area contributed by atoms with Crippen molar-refractivity contribution in [2.45, 2.75) is 50.8 Å². The van der Waals surface area contributed by atoms with E-state index in [0.717, 1.165) is 6.33 Å². The first-order valence-electron chi connectivity index (χ1n) is 9.09. The molecule has 1 aliphatic heterocycles. The van der Waals surface area contributed by atoms with Crippen LogP contribution < -0.4 is 10.6 Å². The number of aromatic nitrogens is 3. The highest BCUT2D eigenvalue weighted by Crippen LogP contribution is 2.35. The van der Waals surface area contributed by atoms with Crippen LogP contribution in [0.5, 0.6) is 0 Å². The van der Waals surface area contributed by atoms with Gasteiger partial charge in [-0.2, -0.15) is 5.26 Å². The molecule has 160 valence electrons. The zero-order valence-corrected chi connectivity index (χ0v) is 16.5. The standard InChI is InChI=1S/C18H22N6O6/c1-8(26)23-18(2,3)17(29)22-14-11-9(4-19)5-24(15(11)21-7-20-14)16-13(28)12(27)10(6-25)30-16/h5,7,10,12-13,16,25,27-28H,6H2,1-3H3,(H,23,26)(H,20,21,22,29)/t10-,12?,13+,16-/m1/s1. The molecule has 12 nitrogen and oxygen atoms in total. The maximum atomic E-state index is 12.7. The minimum Gasteiger partial charge on any atom is -0.394 e. The van der Waals surface area contributed by atoms with Crippen LogP contribution in [-0.2, 0) is 14.3 Å². The van der Waals surface area contributed by atoms with Crippen LogP contribution >= 0.6 is 0 Å². The van der Waals surface area contributed by atoms with Crippen molar-refractivity contribution in [2.24, 2.45) is 0 Å². The average molecular weight is 418 g/mol. The Morgan fingerprint density at radius 1 is 1.33 bits per heavy atom. The molecular formula is C18H22N6O6. The molecule has 3 rings (SSSR count). The summed E-state index contributed by atoms with van der Waals surface area (Å²) in [6.07, 6.45) is -2.32. The Morgan fingerprint density at radius 2 is 2.03 bits per heavy atom. The molecule has 12 heteroatoms. The lowest BCUT2D eigenvalue weighted by Crippen LogP contribution is -2.51. The van der Waals surface area contributed by atoms with Crippen molar-refractivity contribution in [1.29, 1.82) is 5.26 Å². The highest BCUT2D eigenvalue weighted by molar-refractivity contribution is 6.05. The zero-order valence-electron chi connectivity index (χ0n) is 16.5. The van der Waals surface area contributed by atoms with Crippen molar-refractivity contribution in [3.05, 3.63) is 18.1 Å². The Hall–Kier alpha value is -3.11. The molecule has 0 saturated carbocycles. The van der Waals surface area contributed by atoms with Gasteiger partial charge in [-0.25, -0.2) is 9.97 Å². The van der Waals surface area contributed by atoms with E-state index in [1.807, 2.05) is 6.07 Å². The van der Waals surface area contributed by atoms with Gasteiger partial charge in [-0.3, -0.25) is 9.59 Å². The molecule has 1 saturated heterocycles. The number of nitrogens with zero attached hydrogens (tertiary/aromatic N) is 4. The fraction of sp³-hybridized carbons (Fsp3) is 0.500. The lowest BCUT2D eigenvalue weighted by atomic mass is 10.0. The fourth-order valence-electron chi connectivity index (χ4n) is 3.33. The Labute approximate surface area is 171 Å². The van der Waals surface area contributed by atoms with Crippen molar-refractivity contribution in [3.8, 4) is 6.07 Å². The van der Waals surface area contributed by atoms with Gasteiger partial charge >= 0.3 is 0 Å². The molecule has 4 atom stereocenters. The summed E-state index contributed by atoms with van der Waals surface area (Å²) in [4.78, 5) is 32.2. The molecule has 0 radical (unpaired) electrons. The Morgan fingerprint density at radius 3 is 2.60 bits per heavy atom. The summed E-state index contributed by atoms with van der Waals surface area (Å²) in [5, 5.41) is 44.5. The molecule has 5 N–H and O–H groups in total. The summed E-state index contributed by atoms with van der Waals surface area (Å²) in [7, 11) is 0. The summed E-state index contributed by atoms with van der Waals surface area (Å²) in [6, 6.07) is 1.98. The van der Waals surface area contributed by atoms with Gasteiger partial charge in [0.2, 0.25) is 5.91 Å². The summed E-state index contributed by atoms with van der Waals surface area (Å²) in [5.74, 6) is -0.927. The Bertz CT molecular complexity index is 1030. The second kappa shape index (κ2) is 7.96. The van der Waals surface area contributed by atoms with E-state index >= 15 is 0 Å². The van der Waals surface area contributed by atoms with E-state index in [9.17, 15) is 30.2 Å². The van der Waals surface area contributed by atoms with E-state index in [1.54, 1.807) is 0 Å². The number of nitrogens with one attached hydrogen (secondary N) is 2. The quantitative estimate of drug-likeness (QED) is 0.397. The predicted octanol–water partition coefficient (Wildman–Crippen LogP) is -1.23. The number of aliphatic hydroxyl groups is 3. The molecular weight excluding hydrogens is 396 g/mol. The molecule has 0 aromatic carbocycles. The summed E-state index contributed by atoms with van der Waals surface area (Å²) >= 11 is 0. The number of aliphatic hydroxyl groups excluding tert-OH is 3. The summed E-state index contributed by atoms with van der Waals surface area (Å²) in [6.45, 7) is 3.80. The lowest BCUT2D eigenvalue weighted by molar-refractivity contribution is -0.128. The summed E-state index contributed by atoms with van der Waals surface area (Å²) < 4.78 is 6.86. The Kier molecular flexibility index (Phi) is 5.73. The van der Waals surface area contributed by atoms with Crippen LogP contribution in [0.2, 0.25) is 0 Å². The molecule has 3 heterocycles. The van der Waals surface area contributed by atoms with Crippen LogP contribution in [-0.4, -0.2) is 72.1 Å².